The van der Waals surface area contributed by atoms with Crippen LogP contribution in [0.2, 0.25) is 0 Å². The second-order valence-corrected chi connectivity index (χ2v) is 10.2. The van der Waals surface area contributed by atoms with Crippen LogP contribution in [-0.2, 0) is 14.6 Å². The Hall–Kier alpha value is -4.50. The van der Waals surface area contributed by atoms with Gasteiger partial charge in [-0.05, 0) is 48.0 Å². The minimum Gasteiger partial charge on any atom is -0.456 e. The van der Waals surface area contributed by atoms with Crippen LogP contribution in [0.3, 0.4) is 0 Å². The lowest BCUT2D eigenvalue weighted by Crippen LogP contribution is -2.19. The standard InChI is InChI=1S/C27H22N4O4S/c1-36(33,34)26-10-8-20(16-30-26)31-27(32)23-11-12-29-25-9-7-18(14-24(23)25)19-13-22(17-28-15-19)35-21-5-3-2-4-6-21/h2-11,13-17,29H,12H2,1H3,(H,31,32). The highest BCUT2D eigenvalue weighted by Crippen LogP contribution is 2.34. The van der Waals surface area contributed by atoms with Gasteiger partial charge in [-0.25, -0.2) is 13.4 Å². The third-order valence-corrected chi connectivity index (χ3v) is 6.55. The summed E-state index contributed by atoms with van der Waals surface area (Å²) < 4.78 is 29.2. The maximum atomic E-state index is 13.1. The fourth-order valence-corrected chi connectivity index (χ4v) is 4.38. The minimum atomic E-state index is -3.42. The summed E-state index contributed by atoms with van der Waals surface area (Å²) in [5, 5.41) is 6.03. The topological polar surface area (TPSA) is 110 Å². The number of anilines is 2. The molecule has 0 unspecified atom stereocenters. The molecular formula is C27H22N4O4S. The Morgan fingerprint density at radius 3 is 2.53 bits per heavy atom. The average Bonchev–Trinajstić information content (AvgIpc) is 2.88. The van der Waals surface area contributed by atoms with Crippen molar-refractivity contribution in [2.75, 3.05) is 23.4 Å². The van der Waals surface area contributed by atoms with E-state index in [1.807, 2.05) is 60.7 Å². The summed E-state index contributed by atoms with van der Waals surface area (Å²) in [4.78, 5) is 21.4. The third-order valence-electron chi connectivity index (χ3n) is 5.55. The molecule has 3 heterocycles. The zero-order chi connectivity index (χ0) is 25.1. The zero-order valence-electron chi connectivity index (χ0n) is 19.3. The molecule has 4 aromatic rings. The molecule has 36 heavy (non-hydrogen) atoms. The fraction of sp³-hybridized carbons (Fsp3) is 0.0741. The Balaban J connectivity index is 1.39. The molecule has 5 rings (SSSR count). The number of aromatic nitrogens is 2. The number of nitrogens with one attached hydrogen (secondary N) is 2. The Morgan fingerprint density at radius 2 is 1.78 bits per heavy atom. The van der Waals surface area contributed by atoms with Gasteiger partial charge < -0.3 is 15.4 Å². The first-order valence-electron chi connectivity index (χ1n) is 11.1. The Morgan fingerprint density at radius 1 is 0.944 bits per heavy atom. The SMILES string of the molecule is CS(=O)(=O)c1ccc(NC(=O)C2=CCNc3ccc(-c4cncc(Oc5ccccc5)c4)cc32)cn1. The maximum absolute atomic E-state index is 13.1. The number of benzene rings is 2. The largest absolute Gasteiger partial charge is 0.456 e. The molecule has 0 bridgehead atoms. The molecule has 2 N–H and O–H groups in total. The van der Waals surface area contributed by atoms with Crippen LogP contribution in [0.15, 0.2) is 96.4 Å². The summed E-state index contributed by atoms with van der Waals surface area (Å²) in [5.74, 6) is 1.00. The van der Waals surface area contributed by atoms with Crippen molar-refractivity contribution in [3.8, 4) is 22.6 Å². The van der Waals surface area contributed by atoms with Gasteiger partial charge in [0, 0.05) is 41.4 Å². The Kier molecular flexibility index (Phi) is 6.22. The summed E-state index contributed by atoms with van der Waals surface area (Å²) in [6.45, 7) is 0.502. The molecule has 1 amide bonds. The third kappa shape index (κ3) is 5.11. The van der Waals surface area contributed by atoms with Crippen molar-refractivity contribution >= 4 is 32.7 Å². The summed E-state index contributed by atoms with van der Waals surface area (Å²) >= 11 is 0. The first-order valence-corrected chi connectivity index (χ1v) is 13.0. The van der Waals surface area contributed by atoms with Gasteiger partial charge >= 0.3 is 0 Å². The summed E-state index contributed by atoms with van der Waals surface area (Å²) in [6.07, 6.45) is 7.62. The number of fused-ring (bicyclic) bond motifs is 1. The number of hydrogen-bond acceptors (Lipinski definition) is 7. The lowest BCUT2D eigenvalue weighted by molar-refractivity contribution is -0.111. The van der Waals surface area contributed by atoms with E-state index in [-0.39, 0.29) is 10.9 Å². The van der Waals surface area contributed by atoms with Gasteiger partial charge in [0.15, 0.2) is 14.9 Å². The van der Waals surface area contributed by atoms with E-state index in [0.29, 0.717) is 29.3 Å². The highest BCUT2D eigenvalue weighted by Gasteiger charge is 2.20. The molecule has 0 saturated heterocycles. The van der Waals surface area contributed by atoms with E-state index in [4.69, 9.17) is 4.74 Å². The number of hydrogen-bond donors (Lipinski definition) is 2. The van der Waals surface area contributed by atoms with Gasteiger partial charge in [0.2, 0.25) is 0 Å². The van der Waals surface area contributed by atoms with E-state index in [9.17, 15) is 13.2 Å². The number of sulfone groups is 1. The van der Waals surface area contributed by atoms with E-state index < -0.39 is 9.84 Å². The normalized spacial score (nSPS) is 12.6. The van der Waals surface area contributed by atoms with E-state index in [2.05, 4.69) is 20.6 Å². The molecule has 0 aliphatic carbocycles. The summed E-state index contributed by atoms with van der Waals surface area (Å²) in [6, 6.07) is 20.1. The van der Waals surface area contributed by atoms with Gasteiger partial charge in [-0.1, -0.05) is 30.3 Å². The highest BCUT2D eigenvalue weighted by molar-refractivity contribution is 7.90. The minimum absolute atomic E-state index is 0.0522. The van der Waals surface area contributed by atoms with Crippen molar-refractivity contribution in [2.24, 2.45) is 0 Å². The van der Waals surface area contributed by atoms with Crippen molar-refractivity contribution in [2.45, 2.75) is 5.03 Å². The molecule has 8 nitrogen and oxygen atoms in total. The molecule has 1 aliphatic heterocycles. The van der Waals surface area contributed by atoms with Crippen LogP contribution in [0.5, 0.6) is 11.5 Å². The second-order valence-electron chi connectivity index (χ2n) is 8.19. The van der Waals surface area contributed by atoms with Gasteiger partial charge in [0.1, 0.15) is 11.5 Å². The molecular weight excluding hydrogens is 476 g/mol. The monoisotopic (exact) mass is 498 g/mol. The predicted molar refractivity (Wildman–Crippen MR) is 139 cm³/mol. The number of ether oxygens (including phenoxy) is 1. The molecule has 9 heteroatoms. The quantitative estimate of drug-likeness (QED) is 0.393. The van der Waals surface area contributed by atoms with Crippen molar-refractivity contribution in [1.29, 1.82) is 0 Å². The van der Waals surface area contributed by atoms with Crippen LogP contribution in [0.4, 0.5) is 11.4 Å². The number of carbonyl (C=O) groups excluding carboxylic acids is 1. The number of carbonyl (C=O) groups is 1. The van der Waals surface area contributed by atoms with E-state index in [0.717, 1.165) is 28.6 Å². The molecule has 0 fully saturated rings. The van der Waals surface area contributed by atoms with Gasteiger partial charge in [-0.3, -0.25) is 9.78 Å². The molecule has 2 aromatic carbocycles. The second kappa shape index (κ2) is 9.63. The van der Waals surface area contributed by atoms with Crippen LogP contribution in [0.1, 0.15) is 5.56 Å². The molecule has 1 aliphatic rings. The van der Waals surface area contributed by atoms with Crippen molar-refractivity contribution in [1.82, 2.24) is 9.97 Å². The van der Waals surface area contributed by atoms with Crippen molar-refractivity contribution in [3.63, 3.8) is 0 Å². The number of para-hydroxylation sites is 1. The van der Waals surface area contributed by atoms with E-state index >= 15 is 0 Å². The number of amides is 1. The smallest absolute Gasteiger partial charge is 0.256 e. The molecule has 0 radical (unpaired) electrons. The van der Waals surface area contributed by atoms with Crippen LogP contribution in [0.25, 0.3) is 16.7 Å². The van der Waals surface area contributed by atoms with Gasteiger partial charge in [-0.15, -0.1) is 0 Å². The first-order chi connectivity index (χ1) is 17.4. The van der Waals surface area contributed by atoms with Crippen molar-refractivity contribution in [3.05, 3.63) is 97.0 Å². The lowest BCUT2D eigenvalue weighted by Gasteiger charge is -2.20. The van der Waals surface area contributed by atoms with Gasteiger partial charge in [-0.2, -0.15) is 0 Å². The Bertz CT molecular complexity index is 1570. The van der Waals surface area contributed by atoms with Crippen molar-refractivity contribution < 1.29 is 17.9 Å². The zero-order valence-corrected chi connectivity index (χ0v) is 20.1. The predicted octanol–water partition coefficient (Wildman–Crippen LogP) is 4.79. The molecule has 2 aromatic heterocycles. The maximum Gasteiger partial charge on any atom is 0.256 e. The van der Waals surface area contributed by atoms with Crippen LogP contribution >= 0.6 is 0 Å². The van der Waals surface area contributed by atoms with E-state index in [1.165, 1.54) is 18.3 Å². The van der Waals surface area contributed by atoms with E-state index in [1.54, 1.807) is 12.4 Å². The number of pyridine rings is 2. The molecule has 0 spiro atoms. The van der Waals surface area contributed by atoms with Crippen LogP contribution in [0, 0.1) is 0 Å². The average molecular weight is 499 g/mol. The highest BCUT2D eigenvalue weighted by atomic mass is 32.2. The van der Waals surface area contributed by atoms with Crippen LogP contribution in [-0.4, -0.2) is 37.1 Å². The number of rotatable bonds is 6. The fourth-order valence-electron chi connectivity index (χ4n) is 3.82. The Labute approximate surface area is 208 Å². The molecule has 0 atom stereocenters. The molecule has 180 valence electrons. The van der Waals surface area contributed by atoms with Crippen LogP contribution < -0.4 is 15.4 Å². The summed E-state index contributed by atoms with van der Waals surface area (Å²) in [5.41, 5.74) is 4.20. The number of nitrogens with zero attached hydrogens (tertiary/aromatic N) is 2. The van der Waals surface area contributed by atoms with Gasteiger partial charge in [0.05, 0.1) is 18.1 Å². The lowest BCUT2D eigenvalue weighted by atomic mass is 9.95. The van der Waals surface area contributed by atoms with Gasteiger partial charge in [0.25, 0.3) is 5.91 Å². The molecule has 0 saturated carbocycles. The first kappa shape index (κ1) is 23.3. The summed E-state index contributed by atoms with van der Waals surface area (Å²) in [7, 11) is -3.42.